The Balaban J connectivity index is 0.862. The van der Waals surface area contributed by atoms with Crippen molar-refractivity contribution in [3.05, 3.63) is 228 Å². The third-order valence-electron chi connectivity index (χ3n) is 16.3. The van der Waals surface area contributed by atoms with Crippen molar-refractivity contribution < 1.29 is 0 Å². The van der Waals surface area contributed by atoms with Crippen LogP contribution in [-0.4, -0.2) is 4.57 Å². The first-order chi connectivity index (χ1) is 36.7. The molecule has 0 aliphatic heterocycles. The maximum atomic E-state index is 2.48. The number of para-hydroxylation sites is 1. The molecule has 1 heterocycles. The molecular formula is C73H74N2. The summed E-state index contributed by atoms with van der Waals surface area (Å²) in [5.41, 5.74) is 23.9. The lowest BCUT2D eigenvalue weighted by atomic mass is 9.82. The third kappa shape index (κ3) is 10.5. The van der Waals surface area contributed by atoms with E-state index in [1.54, 1.807) is 0 Å². The second-order valence-electron chi connectivity index (χ2n) is 22.2. The highest BCUT2D eigenvalue weighted by molar-refractivity contribution is 6.10. The third-order valence-corrected chi connectivity index (χ3v) is 16.3. The van der Waals surface area contributed by atoms with Gasteiger partial charge in [0.2, 0.25) is 0 Å². The highest BCUT2D eigenvalue weighted by Gasteiger charge is 2.35. The molecule has 1 aliphatic rings. The van der Waals surface area contributed by atoms with E-state index in [2.05, 4.69) is 244 Å². The average molecular weight is 979 g/mol. The summed E-state index contributed by atoms with van der Waals surface area (Å²) in [5, 5.41) is 2.53. The molecule has 0 saturated heterocycles. The number of nitrogens with zero attached hydrogens (tertiary/aromatic N) is 2. The molecule has 0 unspecified atom stereocenters. The maximum absolute atomic E-state index is 2.48. The summed E-state index contributed by atoms with van der Waals surface area (Å²) in [6, 6.07) is 75.2. The topological polar surface area (TPSA) is 8.17 Å². The summed E-state index contributed by atoms with van der Waals surface area (Å²) in [5.74, 6) is 0. The monoisotopic (exact) mass is 979 g/mol. The van der Waals surface area contributed by atoms with Crippen molar-refractivity contribution in [2.75, 3.05) is 4.90 Å². The minimum absolute atomic E-state index is 0.103. The number of benzene rings is 9. The van der Waals surface area contributed by atoms with Gasteiger partial charge in [0, 0.05) is 38.9 Å². The molecule has 0 amide bonds. The van der Waals surface area contributed by atoms with E-state index in [4.69, 9.17) is 0 Å². The standard InChI is InChI=1S/C73H74N2/c1-6-7-8-9-10-11-12-13-14-15-16-18-25-54-44-52(2)45-59(48-54)60-46-53(3)47-64(49-60)75-71-31-24-22-29-67(71)68-50-58(36-43-72(68)75)57-34-39-62(40-35-57)74(61-37-32-56(33-38-61)55-26-19-17-20-27-55)63-41-42-66-65-28-21-23-30-69(65)73(4,5)70(66)51-63/h17,19-24,26-51H,6-16,18,25H2,1-5H3. The van der Waals surface area contributed by atoms with Crippen molar-refractivity contribution in [3.63, 3.8) is 0 Å². The molecule has 0 radical (unpaired) electrons. The van der Waals surface area contributed by atoms with Gasteiger partial charge in [-0.15, -0.1) is 0 Å². The van der Waals surface area contributed by atoms with E-state index in [1.807, 2.05) is 0 Å². The van der Waals surface area contributed by atoms with Gasteiger partial charge in [-0.05, 0) is 160 Å². The molecule has 11 rings (SSSR count). The Labute approximate surface area is 447 Å². The lowest BCUT2D eigenvalue weighted by Gasteiger charge is -2.28. The first-order valence-electron chi connectivity index (χ1n) is 28.3. The fourth-order valence-corrected chi connectivity index (χ4v) is 12.3. The highest BCUT2D eigenvalue weighted by Crippen LogP contribution is 2.51. The van der Waals surface area contributed by atoms with Gasteiger partial charge in [0.15, 0.2) is 0 Å². The summed E-state index contributed by atoms with van der Waals surface area (Å²) in [6.45, 7) is 11.5. The molecule has 0 spiro atoms. The zero-order valence-electron chi connectivity index (χ0n) is 45.1. The van der Waals surface area contributed by atoms with E-state index >= 15 is 0 Å². The van der Waals surface area contributed by atoms with Crippen LogP contribution in [0.2, 0.25) is 0 Å². The second-order valence-corrected chi connectivity index (χ2v) is 22.2. The molecule has 10 aromatic rings. The van der Waals surface area contributed by atoms with Gasteiger partial charge in [-0.25, -0.2) is 0 Å². The van der Waals surface area contributed by atoms with Crippen LogP contribution in [-0.2, 0) is 11.8 Å². The van der Waals surface area contributed by atoms with Crippen molar-refractivity contribution >= 4 is 38.9 Å². The predicted molar refractivity (Wildman–Crippen MR) is 324 cm³/mol. The molecule has 0 fully saturated rings. The Hall–Kier alpha value is -7.42. The van der Waals surface area contributed by atoms with Crippen LogP contribution in [0, 0.1) is 13.8 Å². The molecule has 0 N–H and O–H groups in total. The van der Waals surface area contributed by atoms with E-state index < -0.39 is 0 Å². The predicted octanol–water partition coefficient (Wildman–Crippen LogP) is 21.4. The van der Waals surface area contributed by atoms with Gasteiger partial charge in [0.1, 0.15) is 0 Å². The van der Waals surface area contributed by atoms with Crippen LogP contribution in [0.3, 0.4) is 0 Å². The van der Waals surface area contributed by atoms with Crippen molar-refractivity contribution in [2.45, 2.75) is 124 Å². The molecule has 75 heavy (non-hydrogen) atoms. The number of anilines is 3. The van der Waals surface area contributed by atoms with Crippen LogP contribution < -0.4 is 4.90 Å². The number of aromatic nitrogens is 1. The summed E-state index contributed by atoms with van der Waals surface area (Å²) in [6.07, 6.45) is 17.7. The van der Waals surface area contributed by atoms with Gasteiger partial charge in [-0.1, -0.05) is 230 Å². The molecule has 2 nitrogen and oxygen atoms in total. The Bertz CT molecular complexity index is 3570. The van der Waals surface area contributed by atoms with Crippen LogP contribution in [0.5, 0.6) is 0 Å². The average Bonchev–Trinajstić information content (AvgIpc) is 3.89. The van der Waals surface area contributed by atoms with Gasteiger partial charge in [-0.3, -0.25) is 0 Å². The van der Waals surface area contributed by atoms with Crippen LogP contribution in [0.1, 0.15) is 126 Å². The maximum Gasteiger partial charge on any atom is 0.0541 e. The lowest BCUT2D eigenvalue weighted by Crippen LogP contribution is -2.16. The zero-order valence-corrected chi connectivity index (χ0v) is 45.1. The summed E-state index contributed by atoms with van der Waals surface area (Å²) in [4.78, 5) is 2.42. The van der Waals surface area contributed by atoms with Crippen molar-refractivity contribution in [2.24, 2.45) is 0 Å². The zero-order chi connectivity index (χ0) is 51.3. The van der Waals surface area contributed by atoms with Crippen LogP contribution in [0.4, 0.5) is 17.1 Å². The largest absolute Gasteiger partial charge is 0.310 e. The van der Waals surface area contributed by atoms with E-state index in [0.717, 1.165) is 23.5 Å². The molecule has 0 bridgehead atoms. The number of hydrogen-bond donors (Lipinski definition) is 0. The van der Waals surface area contributed by atoms with E-state index in [0.29, 0.717) is 0 Å². The van der Waals surface area contributed by atoms with Gasteiger partial charge in [0.05, 0.1) is 11.0 Å². The molecule has 376 valence electrons. The molecule has 1 aliphatic carbocycles. The van der Waals surface area contributed by atoms with Crippen molar-refractivity contribution in [3.8, 4) is 50.2 Å². The van der Waals surface area contributed by atoms with Gasteiger partial charge >= 0.3 is 0 Å². The Morgan fingerprint density at radius 3 is 1.61 bits per heavy atom. The molecule has 0 saturated carbocycles. The van der Waals surface area contributed by atoms with Crippen molar-refractivity contribution in [1.29, 1.82) is 0 Å². The fourth-order valence-electron chi connectivity index (χ4n) is 12.3. The molecule has 9 aromatic carbocycles. The number of rotatable bonds is 20. The normalized spacial score (nSPS) is 12.6. The second kappa shape index (κ2) is 22.2. The molecule has 2 heteroatoms. The summed E-state index contributed by atoms with van der Waals surface area (Å²) < 4.78 is 2.48. The quantitative estimate of drug-likeness (QED) is 0.0691. The van der Waals surface area contributed by atoms with Crippen LogP contribution in [0.15, 0.2) is 200 Å². The first-order valence-corrected chi connectivity index (χ1v) is 28.3. The molecular weight excluding hydrogens is 905 g/mol. The Kier molecular flexibility index (Phi) is 14.7. The highest BCUT2D eigenvalue weighted by atomic mass is 15.1. The fraction of sp³-hybridized carbons (Fsp3) is 0.260. The van der Waals surface area contributed by atoms with E-state index in [1.165, 1.54) is 177 Å². The summed E-state index contributed by atoms with van der Waals surface area (Å²) in [7, 11) is 0. The lowest BCUT2D eigenvalue weighted by molar-refractivity contribution is 0.544. The van der Waals surface area contributed by atoms with Crippen LogP contribution >= 0.6 is 0 Å². The minimum Gasteiger partial charge on any atom is -0.310 e. The number of aryl methyl sites for hydroxylation is 3. The van der Waals surface area contributed by atoms with Gasteiger partial charge < -0.3 is 9.47 Å². The van der Waals surface area contributed by atoms with E-state index in [9.17, 15) is 0 Å². The summed E-state index contributed by atoms with van der Waals surface area (Å²) >= 11 is 0. The molecule has 1 aromatic heterocycles. The van der Waals surface area contributed by atoms with Gasteiger partial charge in [-0.2, -0.15) is 0 Å². The molecule has 0 atom stereocenters. The van der Waals surface area contributed by atoms with E-state index in [-0.39, 0.29) is 5.41 Å². The first kappa shape index (κ1) is 49.8. The minimum atomic E-state index is -0.103. The smallest absolute Gasteiger partial charge is 0.0541 e. The number of unbranched alkanes of at least 4 members (excludes halogenated alkanes) is 11. The van der Waals surface area contributed by atoms with Crippen LogP contribution in [0.25, 0.3) is 72.0 Å². The Morgan fingerprint density at radius 1 is 0.373 bits per heavy atom. The SMILES string of the molecule is CCCCCCCCCCCCCCc1cc(C)cc(-c2cc(C)cc(-n3c4ccccc4c4cc(-c5ccc(N(c6ccc(-c7ccccc7)cc6)c6ccc7c(c6)C(C)(C)c6ccccc6-7)cc5)ccc43)c2)c1. The number of hydrogen-bond acceptors (Lipinski definition) is 1. The Morgan fingerprint density at radius 2 is 0.907 bits per heavy atom. The number of fused-ring (bicyclic) bond motifs is 6. The van der Waals surface area contributed by atoms with Crippen molar-refractivity contribution in [1.82, 2.24) is 4.57 Å². The van der Waals surface area contributed by atoms with Gasteiger partial charge in [0.25, 0.3) is 0 Å².